The highest BCUT2D eigenvalue weighted by Gasteiger charge is 2.40. The molecule has 3 unspecified atom stereocenters. The zero-order valence-electron chi connectivity index (χ0n) is 18.7. The topological polar surface area (TPSA) is 71.0 Å². The van der Waals surface area contributed by atoms with Gasteiger partial charge in [-0.1, -0.05) is 18.9 Å². The fourth-order valence-corrected chi connectivity index (χ4v) is 5.32. The summed E-state index contributed by atoms with van der Waals surface area (Å²) in [6, 6.07) is 12.4. The van der Waals surface area contributed by atoms with Crippen molar-refractivity contribution in [2.24, 2.45) is 5.92 Å². The number of piperidine rings is 1. The van der Waals surface area contributed by atoms with Crippen molar-refractivity contribution < 1.29 is 9.18 Å². The third-order valence-electron chi connectivity index (χ3n) is 6.84. The van der Waals surface area contributed by atoms with Crippen molar-refractivity contribution in [2.45, 2.75) is 51.0 Å². The largest absolute Gasteiger partial charge is 0.340 e. The molecule has 2 aliphatic rings. The number of likely N-dealkylation sites (tertiary alicyclic amines) is 1. The average molecular weight is 446 g/mol. The fourth-order valence-electron chi connectivity index (χ4n) is 5.32. The van der Waals surface area contributed by atoms with Crippen LogP contribution in [0.3, 0.4) is 0 Å². The minimum atomic E-state index is -0.311. The van der Waals surface area contributed by atoms with Gasteiger partial charge in [0.25, 0.3) is 0 Å². The van der Waals surface area contributed by atoms with Crippen LogP contribution in [0, 0.1) is 11.7 Å². The summed E-state index contributed by atoms with van der Waals surface area (Å²) < 4.78 is 13.7. The maximum absolute atomic E-state index is 13.7. The lowest BCUT2D eigenvalue weighted by molar-refractivity contribution is -0.135. The molecular weight excluding hydrogens is 417 g/mol. The van der Waals surface area contributed by atoms with Gasteiger partial charge in [-0.2, -0.15) is 0 Å². The van der Waals surface area contributed by atoms with E-state index in [4.69, 9.17) is 9.97 Å². The summed E-state index contributed by atoms with van der Waals surface area (Å²) in [5.41, 5.74) is 2.27. The van der Waals surface area contributed by atoms with Gasteiger partial charge in [-0.05, 0) is 55.5 Å². The van der Waals surface area contributed by atoms with Gasteiger partial charge in [-0.3, -0.25) is 9.78 Å². The Kier molecular flexibility index (Phi) is 6.03. The van der Waals surface area contributed by atoms with Crippen LogP contribution in [0.2, 0.25) is 0 Å². The van der Waals surface area contributed by atoms with Crippen LogP contribution >= 0.6 is 0 Å². The van der Waals surface area contributed by atoms with Crippen molar-refractivity contribution in [3.05, 3.63) is 66.5 Å². The molecule has 2 fully saturated rings. The van der Waals surface area contributed by atoms with E-state index < -0.39 is 0 Å². The van der Waals surface area contributed by atoms with Crippen LogP contribution in [0.5, 0.6) is 0 Å². The Bertz CT molecular complexity index is 1140. The monoisotopic (exact) mass is 445 g/mol. The number of halogens is 1. The Hall–Kier alpha value is -3.35. The van der Waals surface area contributed by atoms with Crippen LogP contribution in [0.4, 0.5) is 15.9 Å². The SMILES string of the molecule is CC(=O)N1CC(c2nc(Nc3cccc(F)c3)cc(-c3cccnc3)n2)CC2CCCCC21. The molecule has 6 nitrogen and oxygen atoms in total. The number of nitrogens with zero attached hydrogens (tertiary/aromatic N) is 4. The lowest BCUT2D eigenvalue weighted by Gasteiger charge is -2.46. The molecule has 1 amide bonds. The highest BCUT2D eigenvalue weighted by molar-refractivity contribution is 5.74. The number of hydrogen-bond acceptors (Lipinski definition) is 5. The van der Waals surface area contributed by atoms with Crippen LogP contribution in [-0.4, -0.2) is 38.3 Å². The first-order valence-corrected chi connectivity index (χ1v) is 11.7. The number of benzene rings is 1. The molecule has 2 aromatic heterocycles. The van der Waals surface area contributed by atoms with Crippen LogP contribution in [0.25, 0.3) is 11.3 Å². The normalized spacial score (nSPS) is 22.5. The molecule has 0 radical (unpaired) electrons. The molecule has 170 valence electrons. The number of pyridine rings is 1. The predicted molar refractivity (Wildman–Crippen MR) is 125 cm³/mol. The van der Waals surface area contributed by atoms with Crippen LogP contribution < -0.4 is 5.32 Å². The first kappa shape index (κ1) is 21.5. The number of rotatable bonds is 4. The molecule has 33 heavy (non-hydrogen) atoms. The minimum Gasteiger partial charge on any atom is -0.340 e. The van der Waals surface area contributed by atoms with Crippen molar-refractivity contribution in [1.82, 2.24) is 19.9 Å². The molecule has 1 N–H and O–H groups in total. The molecule has 1 saturated carbocycles. The van der Waals surface area contributed by atoms with E-state index in [1.165, 1.54) is 25.0 Å². The summed E-state index contributed by atoms with van der Waals surface area (Å²) in [5, 5.41) is 3.23. The minimum absolute atomic E-state index is 0.0536. The molecule has 1 aliphatic heterocycles. The lowest BCUT2D eigenvalue weighted by atomic mass is 9.74. The van der Waals surface area contributed by atoms with E-state index >= 15 is 0 Å². The Morgan fingerprint density at radius 2 is 2.00 bits per heavy atom. The Labute approximate surface area is 193 Å². The van der Waals surface area contributed by atoms with Crippen molar-refractivity contribution in [3.8, 4) is 11.3 Å². The van der Waals surface area contributed by atoms with E-state index in [1.54, 1.807) is 31.5 Å². The summed E-state index contributed by atoms with van der Waals surface area (Å²) in [4.78, 5) is 28.5. The molecule has 1 aliphatic carbocycles. The van der Waals surface area contributed by atoms with Gasteiger partial charge in [0.05, 0.1) is 5.69 Å². The molecule has 5 rings (SSSR count). The molecule has 3 atom stereocenters. The third kappa shape index (κ3) is 4.72. The summed E-state index contributed by atoms with van der Waals surface area (Å²) in [7, 11) is 0. The number of aromatic nitrogens is 3. The van der Waals surface area contributed by atoms with E-state index in [9.17, 15) is 9.18 Å². The molecule has 0 bridgehead atoms. The second-order valence-electron chi connectivity index (χ2n) is 9.09. The van der Waals surface area contributed by atoms with Crippen molar-refractivity contribution in [3.63, 3.8) is 0 Å². The van der Waals surface area contributed by atoms with Gasteiger partial charge in [0, 0.05) is 55.1 Å². The number of carbonyl (C=O) groups is 1. The van der Waals surface area contributed by atoms with Crippen LogP contribution in [0.15, 0.2) is 54.9 Å². The van der Waals surface area contributed by atoms with E-state index in [0.29, 0.717) is 35.8 Å². The van der Waals surface area contributed by atoms with E-state index in [-0.39, 0.29) is 17.6 Å². The average Bonchev–Trinajstić information content (AvgIpc) is 2.83. The van der Waals surface area contributed by atoms with Gasteiger partial charge in [0.1, 0.15) is 17.5 Å². The third-order valence-corrected chi connectivity index (χ3v) is 6.84. The van der Waals surface area contributed by atoms with Gasteiger partial charge in [0.2, 0.25) is 5.91 Å². The molecule has 0 spiro atoms. The zero-order chi connectivity index (χ0) is 22.8. The highest BCUT2D eigenvalue weighted by Crippen LogP contribution is 2.41. The summed E-state index contributed by atoms with van der Waals surface area (Å²) >= 11 is 0. The van der Waals surface area contributed by atoms with Gasteiger partial charge < -0.3 is 10.2 Å². The Morgan fingerprint density at radius 3 is 2.79 bits per heavy atom. The summed E-state index contributed by atoms with van der Waals surface area (Å²) in [5.74, 6) is 1.66. The molecule has 1 aromatic carbocycles. The lowest BCUT2D eigenvalue weighted by Crippen LogP contribution is -2.51. The van der Waals surface area contributed by atoms with Gasteiger partial charge in [-0.25, -0.2) is 14.4 Å². The predicted octanol–water partition coefficient (Wildman–Crippen LogP) is 5.32. The molecule has 7 heteroatoms. The van der Waals surface area contributed by atoms with Gasteiger partial charge in [0.15, 0.2) is 0 Å². The standard InChI is InChI=1S/C26H28FN5O/c1-17(33)32-16-20(12-18-6-2-3-10-24(18)32)26-30-23(19-7-5-11-28-15-19)14-25(31-26)29-22-9-4-8-21(27)13-22/h4-5,7-9,11,13-15,18,20,24H,2-3,6,10,12,16H2,1H3,(H,29,30,31). The quantitative estimate of drug-likeness (QED) is 0.589. The smallest absolute Gasteiger partial charge is 0.219 e. The maximum Gasteiger partial charge on any atom is 0.219 e. The second-order valence-corrected chi connectivity index (χ2v) is 9.09. The number of carbonyl (C=O) groups excluding carboxylic acids is 1. The molecule has 3 heterocycles. The van der Waals surface area contributed by atoms with E-state index in [2.05, 4.69) is 10.3 Å². The summed E-state index contributed by atoms with van der Waals surface area (Å²) in [6.07, 6.45) is 9.10. The Morgan fingerprint density at radius 1 is 1.12 bits per heavy atom. The number of nitrogens with one attached hydrogen (secondary N) is 1. The van der Waals surface area contributed by atoms with Crippen molar-refractivity contribution in [1.29, 1.82) is 0 Å². The molecule has 3 aromatic rings. The Balaban J connectivity index is 1.52. The number of fused-ring (bicyclic) bond motifs is 1. The van der Waals surface area contributed by atoms with E-state index in [1.807, 2.05) is 23.1 Å². The highest BCUT2D eigenvalue weighted by atomic mass is 19.1. The fraction of sp³-hybridized carbons (Fsp3) is 0.385. The number of amides is 1. The van der Waals surface area contributed by atoms with Crippen LogP contribution in [0.1, 0.15) is 50.8 Å². The maximum atomic E-state index is 13.7. The first-order chi connectivity index (χ1) is 16.1. The van der Waals surface area contributed by atoms with Crippen LogP contribution in [-0.2, 0) is 4.79 Å². The molecule has 1 saturated heterocycles. The second kappa shape index (κ2) is 9.25. The van der Waals surface area contributed by atoms with Crippen molar-refractivity contribution >= 4 is 17.4 Å². The first-order valence-electron chi connectivity index (χ1n) is 11.7. The van der Waals surface area contributed by atoms with Gasteiger partial charge in [-0.15, -0.1) is 0 Å². The van der Waals surface area contributed by atoms with Gasteiger partial charge >= 0.3 is 0 Å². The summed E-state index contributed by atoms with van der Waals surface area (Å²) in [6.45, 7) is 2.30. The van der Waals surface area contributed by atoms with Crippen molar-refractivity contribution in [2.75, 3.05) is 11.9 Å². The zero-order valence-corrected chi connectivity index (χ0v) is 18.7. The van der Waals surface area contributed by atoms with E-state index in [0.717, 1.165) is 30.5 Å². The number of anilines is 2. The molecular formula is C26H28FN5O. The number of hydrogen-bond donors (Lipinski definition) is 1.